The monoisotopic (exact) mass is 308 g/mol. The fourth-order valence-corrected chi connectivity index (χ4v) is 3.75. The number of thiophene rings is 1. The summed E-state index contributed by atoms with van der Waals surface area (Å²) in [5, 5.41) is 5.70. The van der Waals surface area contributed by atoms with Crippen molar-refractivity contribution >= 4 is 17.3 Å². The maximum absolute atomic E-state index is 4.46. The molecule has 2 heterocycles. The summed E-state index contributed by atoms with van der Waals surface area (Å²) in [6.45, 7) is 7.72. The molecule has 1 N–H and O–H groups in total. The lowest BCUT2D eigenvalue weighted by molar-refractivity contribution is 0.298. The van der Waals surface area contributed by atoms with E-state index in [1.165, 1.54) is 11.3 Å². The van der Waals surface area contributed by atoms with Gasteiger partial charge in [0.15, 0.2) is 5.96 Å². The molecule has 4 nitrogen and oxygen atoms in total. The first kappa shape index (κ1) is 16.3. The normalized spacial score (nSPS) is 20.1. The van der Waals surface area contributed by atoms with Crippen LogP contribution in [-0.2, 0) is 0 Å². The molecule has 1 unspecified atom stereocenters. The standard InChI is InChI=1S/C16H28N4S/c1-16(2)8-9-20(12-16)15(17-3)18-11-13(19(4)5)14-7-6-10-21-14/h6-7,10,13H,8-9,11-12H2,1-5H3,(H,17,18). The van der Waals surface area contributed by atoms with E-state index in [1.807, 2.05) is 18.4 Å². The smallest absolute Gasteiger partial charge is 0.193 e. The molecule has 0 amide bonds. The Bertz CT molecular complexity index is 465. The molecule has 1 aromatic heterocycles. The topological polar surface area (TPSA) is 30.9 Å². The first-order valence-corrected chi connectivity index (χ1v) is 8.46. The molecule has 1 fully saturated rings. The van der Waals surface area contributed by atoms with Gasteiger partial charge in [0, 0.05) is 31.6 Å². The van der Waals surface area contributed by atoms with Gasteiger partial charge in [-0.3, -0.25) is 4.99 Å². The first-order valence-electron chi connectivity index (χ1n) is 7.58. The minimum absolute atomic E-state index is 0.386. The van der Waals surface area contributed by atoms with Crippen molar-refractivity contribution in [1.29, 1.82) is 0 Å². The zero-order valence-corrected chi connectivity index (χ0v) is 14.7. The molecule has 0 aromatic carbocycles. The van der Waals surface area contributed by atoms with Crippen LogP contribution >= 0.6 is 11.3 Å². The van der Waals surface area contributed by atoms with Crippen molar-refractivity contribution in [2.75, 3.05) is 40.8 Å². The summed E-state index contributed by atoms with van der Waals surface area (Å²) in [6.07, 6.45) is 1.23. The number of likely N-dealkylation sites (N-methyl/N-ethyl adjacent to an activating group) is 1. The maximum Gasteiger partial charge on any atom is 0.193 e. The average molecular weight is 308 g/mol. The van der Waals surface area contributed by atoms with Crippen molar-refractivity contribution < 1.29 is 0 Å². The molecule has 21 heavy (non-hydrogen) atoms. The number of hydrogen-bond acceptors (Lipinski definition) is 3. The highest BCUT2D eigenvalue weighted by Gasteiger charge is 2.31. The van der Waals surface area contributed by atoms with E-state index in [0.717, 1.165) is 25.6 Å². The van der Waals surface area contributed by atoms with E-state index in [1.54, 1.807) is 0 Å². The molecule has 1 aliphatic rings. The summed E-state index contributed by atoms with van der Waals surface area (Å²) in [7, 11) is 6.14. The van der Waals surface area contributed by atoms with Crippen LogP contribution in [0.1, 0.15) is 31.2 Å². The van der Waals surface area contributed by atoms with Crippen LogP contribution in [0.15, 0.2) is 22.5 Å². The van der Waals surface area contributed by atoms with Crippen LogP contribution in [0.3, 0.4) is 0 Å². The Balaban J connectivity index is 1.96. The molecule has 5 heteroatoms. The van der Waals surface area contributed by atoms with Gasteiger partial charge >= 0.3 is 0 Å². The van der Waals surface area contributed by atoms with E-state index in [-0.39, 0.29) is 0 Å². The lowest BCUT2D eigenvalue weighted by Crippen LogP contribution is -2.43. The summed E-state index contributed by atoms with van der Waals surface area (Å²) >= 11 is 1.82. The lowest BCUT2D eigenvalue weighted by Gasteiger charge is -2.28. The molecule has 1 aliphatic heterocycles. The fourth-order valence-electron chi connectivity index (χ4n) is 2.83. The fraction of sp³-hybridized carbons (Fsp3) is 0.688. The third-order valence-corrected chi connectivity index (χ3v) is 5.11. The summed E-state index contributed by atoms with van der Waals surface area (Å²) in [5.74, 6) is 1.03. The SMILES string of the molecule is CN=C(NCC(c1cccs1)N(C)C)N1CCC(C)(C)C1. The Morgan fingerprint density at radius 1 is 1.52 bits per heavy atom. The third kappa shape index (κ3) is 4.20. The largest absolute Gasteiger partial charge is 0.354 e. The molecule has 1 saturated heterocycles. The number of rotatable bonds is 4. The molecule has 1 atom stereocenters. The highest BCUT2D eigenvalue weighted by Crippen LogP contribution is 2.29. The van der Waals surface area contributed by atoms with Crippen LogP contribution in [0, 0.1) is 5.41 Å². The molecule has 1 aromatic rings. The highest BCUT2D eigenvalue weighted by atomic mass is 32.1. The molecular weight excluding hydrogens is 280 g/mol. The number of nitrogens with zero attached hydrogens (tertiary/aromatic N) is 3. The van der Waals surface area contributed by atoms with Gasteiger partial charge in [0.05, 0.1) is 6.04 Å². The van der Waals surface area contributed by atoms with Crippen molar-refractivity contribution in [2.45, 2.75) is 26.3 Å². The molecular formula is C16H28N4S. The predicted molar refractivity (Wildman–Crippen MR) is 92.1 cm³/mol. The third-order valence-electron chi connectivity index (χ3n) is 4.14. The minimum Gasteiger partial charge on any atom is -0.354 e. The summed E-state index contributed by atoms with van der Waals surface area (Å²) < 4.78 is 0. The maximum atomic E-state index is 4.46. The Morgan fingerprint density at radius 2 is 2.29 bits per heavy atom. The van der Waals surface area contributed by atoms with Crippen LogP contribution in [0.5, 0.6) is 0 Å². The van der Waals surface area contributed by atoms with Gasteiger partial charge in [0.1, 0.15) is 0 Å². The van der Waals surface area contributed by atoms with Crippen molar-refractivity contribution in [2.24, 2.45) is 10.4 Å². The quantitative estimate of drug-likeness (QED) is 0.685. The number of nitrogens with one attached hydrogen (secondary N) is 1. The molecule has 2 rings (SSSR count). The molecule has 0 saturated carbocycles. The second kappa shape index (κ2) is 6.79. The van der Waals surface area contributed by atoms with Crippen LogP contribution in [0.25, 0.3) is 0 Å². The highest BCUT2D eigenvalue weighted by molar-refractivity contribution is 7.10. The summed E-state index contributed by atoms with van der Waals surface area (Å²) in [5.41, 5.74) is 0.395. The lowest BCUT2D eigenvalue weighted by atomic mass is 9.93. The van der Waals surface area contributed by atoms with E-state index in [0.29, 0.717) is 11.5 Å². The first-order chi connectivity index (χ1) is 9.93. The van der Waals surface area contributed by atoms with Crippen LogP contribution in [0.4, 0.5) is 0 Å². The zero-order valence-electron chi connectivity index (χ0n) is 13.9. The zero-order chi connectivity index (χ0) is 15.5. The molecule has 118 valence electrons. The second-order valence-corrected chi connectivity index (χ2v) is 7.74. The average Bonchev–Trinajstić information content (AvgIpc) is 3.04. The van der Waals surface area contributed by atoms with Gasteiger partial charge in [-0.2, -0.15) is 0 Å². The van der Waals surface area contributed by atoms with Gasteiger partial charge in [-0.05, 0) is 37.4 Å². The summed E-state index contributed by atoms with van der Waals surface area (Å²) in [4.78, 5) is 10.5. The van der Waals surface area contributed by atoms with Crippen LogP contribution in [0.2, 0.25) is 0 Å². The van der Waals surface area contributed by atoms with E-state index >= 15 is 0 Å². The Kier molecular flexibility index (Phi) is 5.27. The van der Waals surface area contributed by atoms with Gasteiger partial charge in [-0.25, -0.2) is 0 Å². The molecule has 0 bridgehead atoms. The van der Waals surface area contributed by atoms with E-state index in [9.17, 15) is 0 Å². The Labute approximate surface area is 132 Å². The predicted octanol–water partition coefficient (Wildman–Crippen LogP) is 2.66. The van der Waals surface area contributed by atoms with Crippen molar-refractivity contribution in [1.82, 2.24) is 15.1 Å². The number of aliphatic imine (C=N–C) groups is 1. The van der Waals surface area contributed by atoms with Gasteiger partial charge in [0.25, 0.3) is 0 Å². The molecule has 0 aliphatic carbocycles. The van der Waals surface area contributed by atoms with Gasteiger partial charge in [-0.15, -0.1) is 11.3 Å². The minimum atomic E-state index is 0.386. The van der Waals surface area contributed by atoms with Crippen LogP contribution in [-0.4, -0.2) is 56.5 Å². The molecule has 0 spiro atoms. The number of hydrogen-bond donors (Lipinski definition) is 1. The van der Waals surface area contributed by atoms with E-state index in [4.69, 9.17) is 0 Å². The molecule has 0 radical (unpaired) electrons. The van der Waals surface area contributed by atoms with Gasteiger partial charge < -0.3 is 15.1 Å². The van der Waals surface area contributed by atoms with Crippen molar-refractivity contribution in [3.05, 3.63) is 22.4 Å². The summed E-state index contributed by atoms with van der Waals surface area (Å²) in [6, 6.07) is 4.71. The Morgan fingerprint density at radius 3 is 2.76 bits per heavy atom. The van der Waals surface area contributed by atoms with Crippen molar-refractivity contribution in [3.63, 3.8) is 0 Å². The van der Waals surface area contributed by atoms with E-state index < -0.39 is 0 Å². The van der Waals surface area contributed by atoms with Crippen molar-refractivity contribution in [3.8, 4) is 0 Å². The number of likely N-dealkylation sites (tertiary alicyclic amines) is 1. The Hall–Kier alpha value is -1.07. The number of guanidine groups is 1. The van der Waals surface area contributed by atoms with Gasteiger partial charge in [-0.1, -0.05) is 19.9 Å². The van der Waals surface area contributed by atoms with E-state index in [2.05, 4.69) is 65.6 Å². The van der Waals surface area contributed by atoms with Crippen LogP contribution < -0.4 is 5.32 Å². The van der Waals surface area contributed by atoms with Gasteiger partial charge in [0.2, 0.25) is 0 Å². The second-order valence-electron chi connectivity index (χ2n) is 6.76.